The monoisotopic (exact) mass is 271 g/mol. The molecule has 0 aromatic rings. The molecule has 18 heavy (non-hydrogen) atoms. The van der Waals surface area contributed by atoms with E-state index in [0.29, 0.717) is 17.5 Å². The Hall–Kier alpha value is -0.580. The van der Waals surface area contributed by atoms with Crippen molar-refractivity contribution in [1.29, 1.82) is 0 Å². The zero-order chi connectivity index (χ0) is 13.0. The van der Waals surface area contributed by atoms with Crippen LogP contribution in [-0.2, 0) is 4.79 Å². The fourth-order valence-corrected chi connectivity index (χ4v) is 2.77. The van der Waals surface area contributed by atoms with Gasteiger partial charge in [0.05, 0.1) is 6.54 Å². The van der Waals surface area contributed by atoms with Crippen molar-refractivity contribution in [2.24, 2.45) is 0 Å². The van der Waals surface area contributed by atoms with Gasteiger partial charge in [0.25, 0.3) is 0 Å². The van der Waals surface area contributed by atoms with Crippen molar-refractivity contribution in [3.63, 3.8) is 0 Å². The highest BCUT2D eigenvalue weighted by Crippen LogP contribution is 2.10. The lowest BCUT2D eigenvalue weighted by molar-refractivity contribution is -0.131. The molecule has 102 valence electrons. The number of halogens is 1. The summed E-state index contributed by atoms with van der Waals surface area (Å²) in [6, 6.07) is 0. The Balaban J connectivity index is 1.69. The predicted molar refractivity (Wildman–Crippen MR) is 73.7 cm³/mol. The molecule has 1 amide bonds. The average molecular weight is 272 g/mol. The molecule has 2 aliphatic rings. The topological polar surface area (TPSA) is 26.8 Å². The van der Waals surface area contributed by atoms with Crippen molar-refractivity contribution in [2.45, 2.75) is 12.8 Å². The van der Waals surface area contributed by atoms with Crippen LogP contribution < -0.4 is 0 Å². The molecule has 2 heterocycles. The molecule has 5 heteroatoms. The summed E-state index contributed by atoms with van der Waals surface area (Å²) in [5, 5.41) is 0.691. The largest absolute Gasteiger partial charge is 0.342 e. The van der Waals surface area contributed by atoms with Crippen LogP contribution in [0, 0.1) is 0 Å². The summed E-state index contributed by atoms with van der Waals surface area (Å²) in [5.74, 6) is 0.294. The van der Waals surface area contributed by atoms with E-state index in [1.165, 1.54) is 0 Å². The van der Waals surface area contributed by atoms with E-state index in [0.717, 1.165) is 58.7 Å². The standard InChI is InChI=1S/C13H22ClN3O/c1-12(14)10-15-6-8-16(9-7-15)11-13(18)17-4-2-3-5-17/h1-11H2. The third-order valence-electron chi connectivity index (χ3n) is 3.68. The fourth-order valence-electron chi connectivity index (χ4n) is 2.61. The number of likely N-dealkylation sites (tertiary alicyclic amines) is 1. The van der Waals surface area contributed by atoms with Gasteiger partial charge in [-0.25, -0.2) is 0 Å². The van der Waals surface area contributed by atoms with E-state index < -0.39 is 0 Å². The molecule has 0 spiro atoms. The molecule has 0 bridgehead atoms. The Morgan fingerprint density at radius 1 is 0.944 bits per heavy atom. The summed E-state index contributed by atoms with van der Waals surface area (Å²) < 4.78 is 0. The van der Waals surface area contributed by atoms with Crippen LogP contribution in [0.4, 0.5) is 0 Å². The molecule has 2 rings (SSSR count). The van der Waals surface area contributed by atoms with E-state index in [2.05, 4.69) is 16.4 Å². The van der Waals surface area contributed by atoms with Crippen molar-refractivity contribution in [3.8, 4) is 0 Å². The lowest BCUT2D eigenvalue weighted by Gasteiger charge is -2.34. The number of hydrogen-bond donors (Lipinski definition) is 0. The second-order valence-corrected chi connectivity index (χ2v) is 5.69. The van der Waals surface area contributed by atoms with E-state index in [9.17, 15) is 4.79 Å². The number of amides is 1. The molecule has 2 fully saturated rings. The Bertz CT molecular complexity index is 307. The summed E-state index contributed by atoms with van der Waals surface area (Å²) in [7, 11) is 0. The van der Waals surface area contributed by atoms with Crippen molar-refractivity contribution >= 4 is 17.5 Å². The van der Waals surface area contributed by atoms with E-state index >= 15 is 0 Å². The van der Waals surface area contributed by atoms with Crippen LogP contribution in [0.2, 0.25) is 0 Å². The smallest absolute Gasteiger partial charge is 0.236 e. The van der Waals surface area contributed by atoms with Crippen molar-refractivity contribution in [1.82, 2.24) is 14.7 Å². The minimum absolute atomic E-state index is 0.294. The maximum atomic E-state index is 12.0. The molecular weight excluding hydrogens is 250 g/mol. The Kier molecular flexibility index (Phi) is 5.03. The van der Waals surface area contributed by atoms with Gasteiger partial charge in [-0.05, 0) is 12.8 Å². The number of piperazine rings is 1. The zero-order valence-electron chi connectivity index (χ0n) is 10.9. The van der Waals surface area contributed by atoms with Gasteiger partial charge < -0.3 is 4.90 Å². The highest BCUT2D eigenvalue weighted by atomic mass is 35.5. The van der Waals surface area contributed by atoms with Crippen LogP contribution >= 0.6 is 11.6 Å². The molecule has 2 aliphatic heterocycles. The maximum absolute atomic E-state index is 12.0. The summed E-state index contributed by atoms with van der Waals surface area (Å²) in [5.41, 5.74) is 0. The van der Waals surface area contributed by atoms with Gasteiger partial charge >= 0.3 is 0 Å². The lowest BCUT2D eigenvalue weighted by atomic mass is 10.3. The van der Waals surface area contributed by atoms with Crippen LogP contribution in [0.3, 0.4) is 0 Å². The highest BCUT2D eigenvalue weighted by Gasteiger charge is 2.23. The first-order chi connectivity index (χ1) is 8.65. The second kappa shape index (κ2) is 6.55. The summed E-state index contributed by atoms with van der Waals surface area (Å²) in [6.45, 7) is 10.8. The SMILES string of the molecule is C=C(Cl)CN1CCN(CC(=O)N2CCCC2)CC1. The normalized spacial score (nSPS) is 22.4. The highest BCUT2D eigenvalue weighted by molar-refractivity contribution is 6.29. The second-order valence-electron chi connectivity index (χ2n) is 5.16. The summed E-state index contributed by atoms with van der Waals surface area (Å²) >= 11 is 5.81. The number of nitrogens with zero attached hydrogens (tertiary/aromatic N) is 3. The van der Waals surface area contributed by atoms with Crippen LogP contribution in [0.25, 0.3) is 0 Å². The van der Waals surface area contributed by atoms with Gasteiger partial charge in [0, 0.05) is 50.8 Å². The van der Waals surface area contributed by atoms with Gasteiger partial charge in [-0.3, -0.25) is 14.6 Å². The maximum Gasteiger partial charge on any atom is 0.236 e. The fraction of sp³-hybridized carbons (Fsp3) is 0.769. The van der Waals surface area contributed by atoms with Gasteiger partial charge in [0.2, 0.25) is 5.91 Å². The van der Waals surface area contributed by atoms with Gasteiger partial charge in [-0.15, -0.1) is 0 Å². The van der Waals surface area contributed by atoms with E-state index in [1.807, 2.05) is 4.90 Å². The molecule has 0 radical (unpaired) electrons. The molecule has 0 N–H and O–H groups in total. The minimum Gasteiger partial charge on any atom is -0.342 e. The van der Waals surface area contributed by atoms with Gasteiger partial charge in [-0.1, -0.05) is 18.2 Å². The average Bonchev–Trinajstić information content (AvgIpc) is 2.84. The molecular formula is C13H22ClN3O. The van der Waals surface area contributed by atoms with Crippen molar-refractivity contribution in [2.75, 3.05) is 52.4 Å². The first kappa shape index (κ1) is 13.8. The number of hydrogen-bond acceptors (Lipinski definition) is 3. The van der Waals surface area contributed by atoms with Crippen LogP contribution in [0.15, 0.2) is 11.6 Å². The molecule has 0 aromatic heterocycles. The predicted octanol–water partition coefficient (Wildman–Crippen LogP) is 0.979. The van der Waals surface area contributed by atoms with Crippen LogP contribution in [-0.4, -0.2) is 73.0 Å². The lowest BCUT2D eigenvalue weighted by Crippen LogP contribution is -2.49. The number of rotatable bonds is 4. The van der Waals surface area contributed by atoms with Crippen LogP contribution in [0.1, 0.15) is 12.8 Å². The van der Waals surface area contributed by atoms with Gasteiger partial charge in [0.15, 0.2) is 0 Å². The molecule has 4 nitrogen and oxygen atoms in total. The Labute approximate surface area is 114 Å². The third-order valence-corrected chi connectivity index (χ3v) is 3.80. The Morgan fingerprint density at radius 3 is 1.94 bits per heavy atom. The Morgan fingerprint density at radius 2 is 1.44 bits per heavy atom. The molecule has 0 unspecified atom stereocenters. The van der Waals surface area contributed by atoms with E-state index in [1.54, 1.807) is 0 Å². The van der Waals surface area contributed by atoms with Crippen molar-refractivity contribution in [3.05, 3.63) is 11.6 Å². The molecule has 0 atom stereocenters. The molecule has 0 aliphatic carbocycles. The van der Waals surface area contributed by atoms with Gasteiger partial charge in [0.1, 0.15) is 0 Å². The first-order valence-electron chi connectivity index (χ1n) is 6.71. The summed E-state index contributed by atoms with van der Waals surface area (Å²) in [4.78, 5) is 18.5. The van der Waals surface area contributed by atoms with E-state index in [4.69, 9.17) is 11.6 Å². The summed E-state index contributed by atoms with van der Waals surface area (Å²) in [6.07, 6.45) is 2.33. The zero-order valence-corrected chi connectivity index (χ0v) is 11.7. The van der Waals surface area contributed by atoms with E-state index in [-0.39, 0.29) is 0 Å². The molecule has 0 aromatic carbocycles. The van der Waals surface area contributed by atoms with Gasteiger partial charge in [-0.2, -0.15) is 0 Å². The van der Waals surface area contributed by atoms with Crippen LogP contribution in [0.5, 0.6) is 0 Å². The quantitative estimate of drug-likeness (QED) is 0.763. The van der Waals surface area contributed by atoms with Crippen molar-refractivity contribution < 1.29 is 4.79 Å². The number of carbonyl (C=O) groups is 1. The molecule has 0 saturated carbocycles. The first-order valence-corrected chi connectivity index (χ1v) is 7.09. The minimum atomic E-state index is 0.294. The number of carbonyl (C=O) groups excluding carboxylic acids is 1. The molecule has 2 saturated heterocycles. The third kappa shape index (κ3) is 3.97.